The zero-order chi connectivity index (χ0) is 14.1. The van der Waals surface area contributed by atoms with Crippen molar-refractivity contribution in [2.45, 2.75) is 67.1 Å². The molecular weight excluding hydrogens is 224 g/mol. The summed E-state index contributed by atoms with van der Waals surface area (Å²) in [6.07, 6.45) is 1.21. The van der Waals surface area contributed by atoms with Crippen LogP contribution in [-0.4, -0.2) is 29.6 Å². The summed E-state index contributed by atoms with van der Waals surface area (Å²) < 4.78 is 0. The molecule has 1 heterocycles. The third-order valence-electron chi connectivity index (χ3n) is 4.60. The molecule has 0 saturated carbocycles. The second-order valence-corrected chi connectivity index (χ2v) is 6.96. The molecule has 0 aliphatic carbocycles. The van der Waals surface area contributed by atoms with Crippen molar-refractivity contribution in [3.8, 4) is 0 Å². The number of nitrogens with one attached hydrogen (secondary N) is 1. The number of nitrogens with zero attached hydrogens (tertiary/aromatic N) is 1. The van der Waals surface area contributed by atoms with Crippen molar-refractivity contribution in [2.24, 2.45) is 17.3 Å². The van der Waals surface area contributed by atoms with Crippen LogP contribution in [0.1, 0.15) is 54.9 Å². The number of rotatable bonds is 4. The van der Waals surface area contributed by atoms with E-state index >= 15 is 0 Å². The van der Waals surface area contributed by atoms with Crippen LogP contribution in [-0.2, 0) is 4.79 Å². The van der Waals surface area contributed by atoms with Gasteiger partial charge in [-0.15, -0.1) is 0 Å². The molecule has 4 unspecified atom stereocenters. The highest BCUT2D eigenvalue weighted by Crippen LogP contribution is 2.28. The van der Waals surface area contributed by atoms with Crippen molar-refractivity contribution in [1.82, 2.24) is 10.2 Å². The summed E-state index contributed by atoms with van der Waals surface area (Å²) >= 11 is 0. The Balaban J connectivity index is 2.71. The number of carbonyl (C=O) groups is 1. The highest BCUT2D eigenvalue weighted by atomic mass is 16.2. The maximum atomic E-state index is 12.4. The van der Waals surface area contributed by atoms with Crippen LogP contribution in [0.5, 0.6) is 0 Å². The Morgan fingerprint density at radius 1 is 1.33 bits per heavy atom. The smallest absolute Gasteiger partial charge is 0.241 e. The predicted octanol–water partition coefficient (Wildman–Crippen LogP) is 2.86. The molecule has 1 saturated heterocycles. The molecule has 3 heteroatoms. The lowest BCUT2D eigenvalue weighted by Gasteiger charge is -2.32. The van der Waals surface area contributed by atoms with Gasteiger partial charge in [-0.2, -0.15) is 0 Å². The summed E-state index contributed by atoms with van der Waals surface area (Å²) in [6.45, 7) is 16.2. The second-order valence-electron chi connectivity index (χ2n) is 6.96. The van der Waals surface area contributed by atoms with Gasteiger partial charge in [-0.1, -0.05) is 48.0 Å². The first-order valence-electron chi connectivity index (χ1n) is 7.25. The molecule has 18 heavy (non-hydrogen) atoms. The highest BCUT2D eigenvalue weighted by molar-refractivity contribution is 5.84. The minimum atomic E-state index is 0.0113. The lowest BCUT2D eigenvalue weighted by molar-refractivity contribution is -0.131. The monoisotopic (exact) mass is 254 g/mol. The summed E-state index contributed by atoms with van der Waals surface area (Å²) in [5.74, 6) is 1.20. The summed E-state index contributed by atoms with van der Waals surface area (Å²) in [5.41, 5.74) is 0.245. The fourth-order valence-electron chi connectivity index (χ4n) is 2.25. The van der Waals surface area contributed by atoms with Crippen LogP contribution < -0.4 is 5.32 Å². The van der Waals surface area contributed by atoms with Crippen molar-refractivity contribution < 1.29 is 4.79 Å². The van der Waals surface area contributed by atoms with Gasteiger partial charge in [0.15, 0.2) is 0 Å². The van der Waals surface area contributed by atoms with Crippen molar-refractivity contribution in [1.29, 1.82) is 0 Å². The van der Waals surface area contributed by atoms with Gasteiger partial charge in [-0.05, 0) is 24.2 Å². The van der Waals surface area contributed by atoms with Gasteiger partial charge in [0.2, 0.25) is 5.91 Å². The topological polar surface area (TPSA) is 32.3 Å². The Morgan fingerprint density at radius 2 is 1.89 bits per heavy atom. The molecule has 0 spiro atoms. The molecule has 1 aliphatic heterocycles. The van der Waals surface area contributed by atoms with Gasteiger partial charge in [0.05, 0.1) is 12.2 Å². The average molecular weight is 254 g/mol. The van der Waals surface area contributed by atoms with Crippen LogP contribution in [0.4, 0.5) is 0 Å². The van der Waals surface area contributed by atoms with Gasteiger partial charge in [-0.25, -0.2) is 0 Å². The third-order valence-corrected chi connectivity index (χ3v) is 4.60. The minimum Gasteiger partial charge on any atom is -0.326 e. The van der Waals surface area contributed by atoms with E-state index in [-0.39, 0.29) is 23.5 Å². The molecule has 0 aromatic carbocycles. The number of hydrogen-bond donors (Lipinski definition) is 1. The molecule has 1 fully saturated rings. The number of carbonyl (C=O) groups excluding carboxylic acids is 1. The van der Waals surface area contributed by atoms with E-state index in [2.05, 4.69) is 53.8 Å². The van der Waals surface area contributed by atoms with Gasteiger partial charge in [0.25, 0.3) is 0 Å². The van der Waals surface area contributed by atoms with E-state index in [1.54, 1.807) is 0 Å². The van der Waals surface area contributed by atoms with Crippen LogP contribution in [0.15, 0.2) is 0 Å². The van der Waals surface area contributed by atoms with Crippen LogP contribution in [0.3, 0.4) is 0 Å². The molecule has 1 amide bonds. The maximum Gasteiger partial charge on any atom is 0.241 e. The molecule has 1 aliphatic rings. The maximum absolute atomic E-state index is 12.4. The van der Waals surface area contributed by atoms with E-state index in [4.69, 9.17) is 0 Å². The highest BCUT2D eigenvalue weighted by Gasteiger charge is 2.40. The van der Waals surface area contributed by atoms with Crippen molar-refractivity contribution in [3.05, 3.63) is 0 Å². The fraction of sp³-hybridized carbons (Fsp3) is 0.933. The largest absolute Gasteiger partial charge is 0.326 e. The molecule has 1 rings (SSSR count). The molecule has 4 atom stereocenters. The van der Waals surface area contributed by atoms with Crippen LogP contribution >= 0.6 is 0 Å². The van der Waals surface area contributed by atoms with E-state index in [0.717, 1.165) is 13.0 Å². The SMILES string of the molecule is CCC(C)C1NC(C)N(CC(C)C(C)(C)C)C1=O. The van der Waals surface area contributed by atoms with E-state index in [0.29, 0.717) is 11.8 Å². The van der Waals surface area contributed by atoms with E-state index in [1.165, 1.54) is 0 Å². The van der Waals surface area contributed by atoms with Crippen LogP contribution in [0, 0.1) is 17.3 Å². The Kier molecular flexibility index (Phi) is 4.82. The minimum absolute atomic E-state index is 0.0113. The summed E-state index contributed by atoms with van der Waals surface area (Å²) in [5, 5.41) is 3.44. The third kappa shape index (κ3) is 3.25. The fourth-order valence-corrected chi connectivity index (χ4v) is 2.25. The van der Waals surface area contributed by atoms with E-state index in [9.17, 15) is 4.79 Å². The van der Waals surface area contributed by atoms with Crippen LogP contribution in [0.2, 0.25) is 0 Å². The standard InChI is InChI=1S/C15H30N2O/c1-8-10(2)13-14(18)17(12(4)16-13)9-11(3)15(5,6)7/h10-13,16H,8-9H2,1-7H3. The first kappa shape index (κ1) is 15.5. The van der Waals surface area contributed by atoms with E-state index < -0.39 is 0 Å². The molecule has 106 valence electrons. The molecule has 0 aromatic rings. The Hall–Kier alpha value is -0.570. The van der Waals surface area contributed by atoms with Gasteiger partial charge in [0.1, 0.15) is 0 Å². The predicted molar refractivity (Wildman–Crippen MR) is 76.2 cm³/mol. The number of amides is 1. The van der Waals surface area contributed by atoms with Gasteiger partial charge in [-0.3, -0.25) is 10.1 Å². The molecule has 0 aromatic heterocycles. The quantitative estimate of drug-likeness (QED) is 0.836. The molecular formula is C15H30N2O. The second kappa shape index (κ2) is 5.60. The first-order chi connectivity index (χ1) is 8.18. The van der Waals surface area contributed by atoms with Gasteiger partial charge in [0, 0.05) is 6.54 Å². The van der Waals surface area contributed by atoms with Crippen molar-refractivity contribution >= 4 is 5.91 Å². The van der Waals surface area contributed by atoms with Crippen molar-refractivity contribution in [2.75, 3.05) is 6.54 Å². The lowest BCUT2D eigenvalue weighted by Crippen LogP contribution is -2.40. The average Bonchev–Trinajstić information content (AvgIpc) is 2.54. The Bertz CT molecular complexity index is 295. The summed E-state index contributed by atoms with van der Waals surface area (Å²) in [7, 11) is 0. The molecule has 0 bridgehead atoms. The molecule has 1 N–H and O–H groups in total. The number of hydrogen-bond acceptors (Lipinski definition) is 2. The summed E-state index contributed by atoms with van der Waals surface area (Å²) in [6, 6.07) is 0.0113. The Labute approximate surface area is 112 Å². The van der Waals surface area contributed by atoms with Gasteiger partial charge < -0.3 is 4.90 Å². The normalized spacial score (nSPS) is 28.6. The molecule has 0 radical (unpaired) electrons. The molecule has 3 nitrogen and oxygen atoms in total. The van der Waals surface area contributed by atoms with Gasteiger partial charge >= 0.3 is 0 Å². The zero-order valence-electron chi connectivity index (χ0n) is 13.1. The van der Waals surface area contributed by atoms with Crippen LogP contribution in [0.25, 0.3) is 0 Å². The van der Waals surface area contributed by atoms with Crippen molar-refractivity contribution in [3.63, 3.8) is 0 Å². The lowest BCUT2D eigenvalue weighted by atomic mass is 9.82. The zero-order valence-corrected chi connectivity index (χ0v) is 13.1. The first-order valence-corrected chi connectivity index (χ1v) is 7.25. The Morgan fingerprint density at radius 3 is 2.33 bits per heavy atom. The summed E-state index contributed by atoms with van der Waals surface area (Å²) in [4.78, 5) is 14.5. The van der Waals surface area contributed by atoms with E-state index in [1.807, 2.05) is 4.90 Å².